The number of fused-ring (bicyclic) bond motifs is 1. The van der Waals surface area contributed by atoms with Crippen LogP contribution in [0, 0.1) is 6.92 Å². The maximum absolute atomic E-state index is 4.81. The Balaban J connectivity index is 2.10. The summed E-state index contributed by atoms with van der Waals surface area (Å²) < 4.78 is 3.24. The zero-order chi connectivity index (χ0) is 11.8. The van der Waals surface area contributed by atoms with Gasteiger partial charge in [-0.15, -0.1) is 0 Å². The van der Waals surface area contributed by atoms with Crippen LogP contribution >= 0.6 is 15.9 Å². The molecule has 90 valence electrons. The summed E-state index contributed by atoms with van der Waals surface area (Å²) in [5.74, 6) is 0.565. The molecule has 0 amide bonds. The average molecular weight is 294 g/mol. The van der Waals surface area contributed by atoms with Gasteiger partial charge in [-0.1, -0.05) is 0 Å². The Bertz CT molecular complexity index is 541. The first-order chi connectivity index (χ1) is 8.27. The maximum atomic E-state index is 4.81. The van der Waals surface area contributed by atoms with Crippen molar-refractivity contribution in [2.75, 3.05) is 13.1 Å². The Labute approximate surface area is 109 Å². The van der Waals surface area contributed by atoms with Gasteiger partial charge in [-0.3, -0.25) is 0 Å². The van der Waals surface area contributed by atoms with Crippen molar-refractivity contribution >= 4 is 21.6 Å². The van der Waals surface area contributed by atoms with E-state index in [1.807, 2.05) is 6.07 Å². The molecule has 3 nitrogen and oxygen atoms in total. The van der Waals surface area contributed by atoms with E-state index < -0.39 is 0 Å². The van der Waals surface area contributed by atoms with E-state index in [9.17, 15) is 0 Å². The van der Waals surface area contributed by atoms with E-state index in [1.165, 1.54) is 24.2 Å². The monoisotopic (exact) mass is 293 g/mol. The highest BCUT2D eigenvalue weighted by Crippen LogP contribution is 2.28. The summed E-state index contributed by atoms with van der Waals surface area (Å²) >= 11 is 3.57. The van der Waals surface area contributed by atoms with Crippen LogP contribution in [0.3, 0.4) is 0 Å². The largest absolute Gasteiger partial charge is 0.316 e. The lowest BCUT2D eigenvalue weighted by molar-refractivity contribution is 0.454. The molecule has 1 unspecified atom stereocenters. The van der Waals surface area contributed by atoms with E-state index in [1.54, 1.807) is 0 Å². The van der Waals surface area contributed by atoms with Crippen molar-refractivity contribution in [3.05, 3.63) is 34.2 Å². The standard InChI is InChI=1S/C13H16BrN3/c1-9-12(10-4-2-6-15-8-10)16-13-11(14)5-3-7-17(9)13/h3,5,7,10,15H,2,4,6,8H2,1H3. The quantitative estimate of drug-likeness (QED) is 0.876. The molecular formula is C13H16BrN3. The number of nitrogens with one attached hydrogen (secondary N) is 1. The van der Waals surface area contributed by atoms with Crippen LogP contribution in [0.4, 0.5) is 0 Å². The van der Waals surface area contributed by atoms with Gasteiger partial charge >= 0.3 is 0 Å². The Kier molecular flexibility index (Phi) is 2.92. The fourth-order valence-electron chi connectivity index (χ4n) is 2.64. The van der Waals surface area contributed by atoms with Crippen LogP contribution < -0.4 is 5.32 Å². The first kappa shape index (κ1) is 11.2. The molecule has 3 heterocycles. The molecule has 1 atom stereocenters. The molecule has 1 aliphatic rings. The minimum atomic E-state index is 0.565. The van der Waals surface area contributed by atoms with E-state index in [0.717, 1.165) is 23.2 Å². The Morgan fingerprint density at radius 3 is 3.12 bits per heavy atom. The predicted octanol–water partition coefficient (Wildman–Crippen LogP) is 2.87. The van der Waals surface area contributed by atoms with Crippen LogP contribution in [0.15, 0.2) is 22.8 Å². The van der Waals surface area contributed by atoms with Gasteiger partial charge in [-0.05, 0) is 54.4 Å². The summed E-state index contributed by atoms with van der Waals surface area (Å²) in [6.45, 7) is 4.37. The minimum Gasteiger partial charge on any atom is -0.316 e. The molecule has 1 aliphatic heterocycles. The third kappa shape index (κ3) is 1.89. The zero-order valence-corrected chi connectivity index (χ0v) is 11.5. The summed E-state index contributed by atoms with van der Waals surface area (Å²) in [5, 5.41) is 3.46. The molecule has 17 heavy (non-hydrogen) atoms. The zero-order valence-electron chi connectivity index (χ0n) is 9.91. The highest BCUT2D eigenvalue weighted by Gasteiger charge is 2.21. The molecule has 4 heteroatoms. The molecule has 0 aromatic carbocycles. The van der Waals surface area contributed by atoms with Crippen molar-refractivity contribution in [1.29, 1.82) is 0 Å². The fourth-order valence-corrected chi connectivity index (χ4v) is 3.07. The number of aromatic nitrogens is 2. The number of aryl methyl sites for hydroxylation is 1. The van der Waals surface area contributed by atoms with E-state index in [0.29, 0.717) is 5.92 Å². The summed E-state index contributed by atoms with van der Waals surface area (Å²) in [4.78, 5) is 4.81. The molecule has 2 aromatic rings. The SMILES string of the molecule is Cc1c(C2CCCNC2)nc2c(Br)cccn12. The molecule has 0 bridgehead atoms. The second-order valence-corrected chi connectivity index (χ2v) is 5.53. The van der Waals surface area contributed by atoms with E-state index >= 15 is 0 Å². The van der Waals surface area contributed by atoms with Gasteiger partial charge in [0.15, 0.2) is 5.65 Å². The van der Waals surface area contributed by atoms with Crippen molar-refractivity contribution in [1.82, 2.24) is 14.7 Å². The van der Waals surface area contributed by atoms with Crippen LogP contribution in [0.2, 0.25) is 0 Å². The predicted molar refractivity (Wildman–Crippen MR) is 72.5 cm³/mol. The third-order valence-electron chi connectivity index (χ3n) is 3.56. The number of hydrogen-bond donors (Lipinski definition) is 1. The molecule has 0 saturated carbocycles. The van der Waals surface area contributed by atoms with E-state index in [4.69, 9.17) is 4.98 Å². The highest BCUT2D eigenvalue weighted by molar-refractivity contribution is 9.10. The molecule has 1 saturated heterocycles. The van der Waals surface area contributed by atoms with Crippen molar-refractivity contribution < 1.29 is 0 Å². The smallest absolute Gasteiger partial charge is 0.151 e. The summed E-state index contributed by atoms with van der Waals surface area (Å²) in [6, 6.07) is 4.10. The lowest BCUT2D eigenvalue weighted by Gasteiger charge is -2.21. The lowest BCUT2D eigenvalue weighted by atomic mass is 9.95. The van der Waals surface area contributed by atoms with Crippen molar-refractivity contribution in [3.63, 3.8) is 0 Å². The van der Waals surface area contributed by atoms with Crippen LogP contribution in [-0.4, -0.2) is 22.5 Å². The summed E-state index contributed by atoms with van der Waals surface area (Å²) in [6.07, 6.45) is 4.58. The number of hydrogen-bond acceptors (Lipinski definition) is 2. The van der Waals surface area contributed by atoms with E-state index in [2.05, 4.69) is 44.8 Å². The molecule has 0 aliphatic carbocycles. The highest BCUT2D eigenvalue weighted by atomic mass is 79.9. The van der Waals surface area contributed by atoms with E-state index in [-0.39, 0.29) is 0 Å². The van der Waals surface area contributed by atoms with Crippen LogP contribution in [0.5, 0.6) is 0 Å². The summed E-state index contributed by atoms with van der Waals surface area (Å²) in [5.41, 5.74) is 3.56. The Morgan fingerprint density at radius 2 is 2.41 bits per heavy atom. The fraction of sp³-hybridized carbons (Fsp3) is 0.462. The number of nitrogens with zero attached hydrogens (tertiary/aromatic N) is 2. The Hall–Kier alpha value is -0.870. The molecular weight excluding hydrogens is 278 g/mol. The van der Waals surface area contributed by atoms with Gasteiger partial charge in [-0.25, -0.2) is 4.98 Å². The number of pyridine rings is 1. The molecule has 1 fully saturated rings. The number of rotatable bonds is 1. The average Bonchev–Trinajstić information content (AvgIpc) is 2.70. The number of halogens is 1. The van der Waals surface area contributed by atoms with Gasteiger partial charge in [0.2, 0.25) is 0 Å². The third-order valence-corrected chi connectivity index (χ3v) is 4.18. The first-order valence-corrected chi connectivity index (χ1v) is 6.90. The molecule has 0 radical (unpaired) electrons. The van der Waals surface area contributed by atoms with Crippen LogP contribution in [-0.2, 0) is 0 Å². The van der Waals surface area contributed by atoms with Gasteiger partial charge in [0.05, 0.1) is 10.2 Å². The summed E-state index contributed by atoms with van der Waals surface area (Å²) in [7, 11) is 0. The normalized spacial score (nSPS) is 20.9. The van der Waals surface area contributed by atoms with Crippen molar-refractivity contribution in [3.8, 4) is 0 Å². The van der Waals surface area contributed by atoms with Gasteiger partial charge in [-0.2, -0.15) is 0 Å². The second-order valence-electron chi connectivity index (χ2n) is 4.68. The minimum absolute atomic E-state index is 0.565. The molecule has 3 rings (SSSR count). The molecule has 0 spiro atoms. The first-order valence-electron chi connectivity index (χ1n) is 6.11. The molecule has 2 aromatic heterocycles. The number of piperidine rings is 1. The van der Waals surface area contributed by atoms with Gasteiger partial charge in [0.1, 0.15) is 0 Å². The number of imidazole rings is 1. The Morgan fingerprint density at radius 1 is 1.53 bits per heavy atom. The van der Waals surface area contributed by atoms with Crippen LogP contribution in [0.25, 0.3) is 5.65 Å². The van der Waals surface area contributed by atoms with Gasteiger partial charge in [0.25, 0.3) is 0 Å². The maximum Gasteiger partial charge on any atom is 0.151 e. The van der Waals surface area contributed by atoms with Gasteiger partial charge < -0.3 is 9.72 Å². The van der Waals surface area contributed by atoms with Crippen molar-refractivity contribution in [2.24, 2.45) is 0 Å². The lowest BCUT2D eigenvalue weighted by Crippen LogP contribution is -2.28. The van der Waals surface area contributed by atoms with Crippen LogP contribution in [0.1, 0.15) is 30.1 Å². The molecule has 1 N–H and O–H groups in total. The van der Waals surface area contributed by atoms with Crippen molar-refractivity contribution in [2.45, 2.75) is 25.7 Å². The topological polar surface area (TPSA) is 29.3 Å². The van der Waals surface area contributed by atoms with Gasteiger partial charge in [0, 0.05) is 24.4 Å². The second kappa shape index (κ2) is 4.42.